The first-order valence-electron chi connectivity index (χ1n) is 9.72. The first-order chi connectivity index (χ1) is 11.3. The number of unbranched alkanes of at least 4 members (excludes halogenated alkanes) is 10. The summed E-state index contributed by atoms with van der Waals surface area (Å²) in [5.41, 5.74) is 0. The van der Waals surface area contributed by atoms with Crippen molar-refractivity contribution in [1.82, 2.24) is 15.0 Å². The predicted octanol–water partition coefficient (Wildman–Crippen LogP) is 6.34. The Hall–Kier alpha value is -0.770. The van der Waals surface area contributed by atoms with Gasteiger partial charge in [-0.15, -0.1) is 0 Å². The van der Waals surface area contributed by atoms with E-state index in [-0.39, 0.29) is 0 Å². The monoisotopic (exact) mass is 337 g/mol. The largest absolute Gasteiger partial charge is 0.332 e. The lowest BCUT2D eigenvalue weighted by Crippen LogP contribution is -2.04. The van der Waals surface area contributed by atoms with Gasteiger partial charge in [-0.05, 0) is 25.1 Å². The summed E-state index contributed by atoms with van der Waals surface area (Å²) in [7, 11) is 0. The minimum atomic E-state index is 0.505. The molecule has 0 aliphatic carbocycles. The van der Waals surface area contributed by atoms with Crippen molar-refractivity contribution < 1.29 is 0 Å². The van der Waals surface area contributed by atoms with E-state index in [1.807, 2.05) is 0 Å². The Balaban J connectivity index is 2.27. The summed E-state index contributed by atoms with van der Waals surface area (Å²) in [6, 6.07) is 0. The smallest absolute Gasteiger partial charge is 0.222 e. The minimum Gasteiger partial charge on any atom is -0.332 e. The van der Waals surface area contributed by atoms with Crippen LogP contribution in [0.1, 0.15) is 103 Å². The molecule has 0 fully saturated rings. The van der Waals surface area contributed by atoms with Crippen molar-refractivity contribution in [3.63, 3.8) is 0 Å². The van der Waals surface area contributed by atoms with Crippen LogP contribution < -0.4 is 0 Å². The number of nitrogens with zero attached hydrogens (tertiary/aromatic N) is 2. The lowest BCUT2D eigenvalue weighted by atomic mass is 10.1. The van der Waals surface area contributed by atoms with Crippen LogP contribution in [0.5, 0.6) is 0 Å². The number of aromatic amines is 1. The third kappa shape index (κ3) is 10.6. The Morgan fingerprint density at radius 2 is 1.04 bits per heavy atom. The molecule has 0 saturated heterocycles. The molecule has 0 radical (unpaired) electrons. The van der Waals surface area contributed by atoms with Gasteiger partial charge in [-0.2, -0.15) is 0 Å². The molecule has 0 saturated carbocycles. The Labute approximate surface area is 147 Å². The molecule has 1 heterocycles. The van der Waals surface area contributed by atoms with Crippen LogP contribution in [0, 0.1) is 4.77 Å². The summed E-state index contributed by atoms with van der Waals surface area (Å²) >= 11 is 5.22. The van der Waals surface area contributed by atoms with Gasteiger partial charge in [0.1, 0.15) is 11.6 Å². The molecular formula is C19H35N3S. The molecule has 4 heteroatoms. The van der Waals surface area contributed by atoms with Crippen molar-refractivity contribution >= 4 is 12.2 Å². The van der Waals surface area contributed by atoms with Crippen molar-refractivity contribution in [2.45, 2.75) is 104 Å². The number of hydrogen-bond acceptors (Lipinski definition) is 3. The van der Waals surface area contributed by atoms with Crippen molar-refractivity contribution in [2.75, 3.05) is 0 Å². The Morgan fingerprint density at radius 1 is 0.652 bits per heavy atom. The van der Waals surface area contributed by atoms with Gasteiger partial charge < -0.3 is 4.98 Å². The van der Waals surface area contributed by atoms with Crippen LogP contribution in [0.4, 0.5) is 0 Å². The van der Waals surface area contributed by atoms with Gasteiger partial charge in [-0.3, -0.25) is 0 Å². The Morgan fingerprint density at radius 3 is 1.48 bits per heavy atom. The van der Waals surface area contributed by atoms with Crippen LogP contribution in [0.3, 0.4) is 0 Å². The number of aromatic nitrogens is 3. The molecule has 1 aromatic rings. The van der Waals surface area contributed by atoms with Crippen LogP contribution in [0.25, 0.3) is 0 Å². The third-order valence-corrected chi connectivity index (χ3v) is 4.47. The van der Waals surface area contributed by atoms with Crippen molar-refractivity contribution in [1.29, 1.82) is 0 Å². The van der Waals surface area contributed by atoms with Gasteiger partial charge in [-0.1, -0.05) is 78.1 Å². The van der Waals surface area contributed by atoms with Gasteiger partial charge >= 0.3 is 0 Å². The highest BCUT2D eigenvalue weighted by atomic mass is 32.1. The van der Waals surface area contributed by atoms with Crippen LogP contribution in [0.2, 0.25) is 0 Å². The fourth-order valence-electron chi connectivity index (χ4n) is 2.86. The Bertz CT molecular complexity index is 419. The highest BCUT2D eigenvalue weighted by Gasteiger charge is 2.02. The average Bonchev–Trinajstić information content (AvgIpc) is 2.53. The lowest BCUT2D eigenvalue weighted by molar-refractivity contribution is 0.588. The molecule has 1 N–H and O–H groups in total. The van der Waals surface area contributed by atoms with Gasteiger partial charge in [0.15, 0.2) is 0 Å². The summed E-state index contributed by atoms with van der Waals surface area (Å²) in [6.07, 6.45) is 17.7. The number of rotatable bonds is 14. The molecule has 23 heavy (non-hydrogen) atoms. The number of aryl methyl sites for hydroxylation is 2. The van der Waals surface area contributed by atoms with Gasteiger partial charge in [-0.25, -0.2) is 9.97 Å². The second-order valence-electron chi connectivity index (χ2n) is 6.56. The third-order valence-electron chi connectivity index (χ3n) is 4.28. The first-order valence-corrected chi connectivity index (χ1v) is 10.1. The second-order valence-corrected chi connectivity index (χ2v) is 6.93. The molecular weight excluding hydrogens is 302 g/mol. The highest BCUT2D eigenvalue weighted by molar-refractivity contribution is 7.71. The molecule has 0 unspecified atom stereocenters. The van der Waals surface area contributed by atoms with Crippen LogP contribution >= 0.6 is 12.2 Å². The summed E-state index contributed by atoms with van der Waals surface area (Å²) in [4.78, 5) is 12.2. The number of nitrogens with one attached hydrogen (secondary N) is 1. The average molecular weight is 338 g/mol. The van der Waals surface area contributed by atoms with E-state index in [0.29, 0.717) is 4.77 Å². The standard InChI is InChI=1S/C19H35N3S/c1-3-5-7-9-11-13-15-17-20-18(22-19(23)21-17)16-14-12-10-8-6-4-2/h3-16H2,1-2H3,(H,20,21,22,23). The molecule has 1 aromatic heterocycles. The molecule has 3 nitrogen and oxygen atoms in total. The van der Waals surface area contributed by atoms with E-state index in [9.17, 15) is 0 Å². The van der Waals surface area contributed by atoms with E-state index in [2.05, 4.69) is 28.8 Å². The van der Waals surface area contributed by atoms with E-state index in [1.165, 1.54) is 77.0 Å². The number of H-pyrrole nitrogens is 1. The fraction of sp³-hybridized carbons (Fsp3) is 0.842. The summed E-state index contributed by atoms with van der Waals surface area (Å²) in [5, 5.41) is 0. The van der Waals surface area contributed by atoms with Crippen LogP contribution in [0.15, 0.2) is 0 Å². The number of hydrogen-bond donors (Lipinski definition) is 1. The quantitative estimate of drug-likeness (QED) is 0.318. The van der Waals surface area contributed by atoms with Crippen LogP contribution in [-0.2, 0) is 12.8 Å². The first kappa shape index (κ1) is 20.3. The summed E-state index contributed by atoms with van der Waals surface area (Å²) in [6.45, 7) is 4.51. The second kappa shape index (κ2) is 13.6. The molecule has 0 atom stereocenters. The molecule has 0 aliphatic heterocycles. The lowest BCUT2D eigenvalue weighted by Gasteiger charge is -2.05. The van der Waals surface area contributed by atoms with E-state index < -0.39 is 0 Å². The van der Waals surface area contributed by atoms with Gasteiger partial charge in [0.25, 0.3) is 0 Å². The zero-order chi connectivity index (χ0) is 16.8. The van der Waals surface area contributed by atoms with E-state index in [1.54, 1.807) is 0 Å². The van der Waals surface area contributed by atoms with Gasteiger partial charge in [0, 0.05) is 12.8 Å². The van der Waals surface area contributed by atoms with Crippen molar-refractivity contribution in [3.05, 3.63) is 16.4 Å². The van der Waals surface area contributed by atoms with E-state index >= 15 is 0 Å². The van der Waals surface area contributed by atoms with Gasteiger partial charge in [0.05, 0.1) is 0 Å². The van der Waals surface area contributed by atoms with Crippen molar-refractivity contribution in [3.8, 4) is 0 Å². The molecule has 0 bridgehead atoms. The fourth-order valence-corrected chi connectivity index (χ4v) is 3.08. The van der Waals surface area contributed by atoms with E-state index in [4.69, 9.17) is 12.2 Å². The van der Waals surface area contributed by atoms with Gasteiger partial charge in [0.2, 0.25) is 4.77 Å². The topological polar surface area (TPSA) is 41.6 Å². The highest BCUT2D eigenvalue weighted by Crippen LogP contribution is 2.10. The SMILES string of the molecule is CCCCCCCCc1nc(=S)nc(CCCCCCCC)[nH]1. The maximum Gasteiger partial charge on any atom is 0.222 e. The maximum absolute atomic E-state index is 5.22. The molecule has 0 amide bonds. The predicted molar refractivity (Wildman–Crippen MR) is 101 cm³/mol. The van der Waals surface area contributed by atoms with Crippen LogP contribution in [-0.4, -0.2) is 15.0 Å². The van der Waals surface area contributed by atoms with E-state index in [0.717, 1.165) is 24.5 Å². The Kier molecular flexibility index (Phi) is 12.0. The molecule has 132 valence electrons. The molecule has 0 spiro atoms. The zero-order valence-electron chi connectivity index (χ0n) is 15.2. The normalized spacial score (nSPS) is 11.0. The minimum absolute atomic E-state index is 0.505. The summed E-state index contributed by atoms with van der Waals surface area (Å²) in [5.74, 6) is 2.06. The zero-order valence-corrected chi connectivity index (χ0v) is 16.0. The molecule has 0 aliphatic rings. The summed E-state index contributed by atoms with van der Waals surface area (Å²) < 4.78 is 0.505. The molecule has 0 aromatic carbocycles. The maximum atomic E-state index is 5.22. The molecule has 1 rings (SSSR count). The van der Waals surface area contributed by atoms with Crippen molar-refractivity contribution in [2.24, 2.45) is 0 Å².